The van der Waals surface area contributed by atoms with Crippen LogP contribution in [0.1, 0.15) is 0 Å². The van der Waals surface area contributed by atoms with Gasteiger partial charge in [-0.2, -0.15) is 0 Å². The molecular formula is C15H12ClFN2O5S. The van der Waals surface area contributed by atoms with E-state index in [1.165, 1.54) is 6.07 Å². The van der Waals surface area contributed by atoms with Crippen molar-refractivity contribution in [3.63, 3.8) is 0 Å². The van der Waals surface area contributed by atoms with E-state index in [-0.39, 0.29) is 11.6 Å². The summed E-state index contributed by atoms with van der Waals surface area (Å²) >= 11 is 5.58. The Morgan fingerprint density at radius 3 is 2.64 bits per heavy atom. The summed E-state index contributed by atoms with van der Waals surface area (Å²) in [5, 5.41) is 0.0481. The molecule has 0 aromatic heterocycles. The third-order valence-electron chi connectivity index (χ3n) is 3.29. The number of para-hydroxylation sites is 2. The summed E-state index contributed by atoms with van der Waals surface area (Å²) in [5.41, 5.74) is 1.98. The molecule has 0 saturated heterocycles. The van der Waals surface area contributed by atoms with Gasteiger partial charge in [-0.25, -0.2) is 12.8 Å². The summed E-state index contributed by atoms with van der Waals surface area (Å²) in [6, 6.07) is 9.80. The molecule has 25 heavy (non-hydrogen) atoms. The van der Waals surface area contributed by atoms with E-state index in [0.29, 0.717) is 11.5 Å². The molecule has 0 fully saturated rings. The molecule has 0 saturated carbocycles. The van der Waals surface area contributed by atoms with Crippen LogP contribution in [0, 0.1) is 5.82 Å². The number of benzene rings is 2. The second-order valence-electron chi connectivity index (χ2n) is 5.03. The van der Waals surface area contributed by atoms with Gasteiger partial charge in [0.25, 0.3) is 15.9 Å². The molecule has 2 aromatic carbocycles. The van der Waals surface area contributed by atoms with E-state index in [1.807, 2.05) is 10.3 Å². The van der Waals surface area contributed by atoms with Gasteiger partial charge in [-0.05, 0) is 30.3 Å². The monoisotopic (exact) mass is 386 g/mol. The lowest BCUT2D eigenvalue weighted by molar-refractivity contribution is -0.130. The number of amides is 1. The number of halogens is 2. The van der Waals surface area contributed by atoms with Crippen molar-refractivity contribution < 1.29 is 27.1 Å². The van der Waals surface area contributed by atoms with Gasteiger partial charge in [0.05, 0.1) is 0 Å². The maximum Gasteiger partial charge on any atom is 0.279 e. The van der Waals surface area contributed by atoms with Gasteiger partial charge in [-0.15, -0.1) is 4.83 Å². The largest absolute Gasteiger partial charge is 0.485 e. The normalized spacial score (nSPS) is 16.3. The molecule has 1 aliphatic heterocycles. The van der Waals surface area contributed by atoms with Crippen LogP contribution in [-0.4, -0.2) is 27.0 Å². The Bertz CT molecular complexity index is 922. The number of sulfonamides is 1. The number of hydrazine groups is 1. The lowest BCUT2D eigenvalue weighted by Crippen LogP contribution is -2.50. The Balaban J connectivity index is 1.66. The Hall–Kier alpha value is -2.36. The Labute approximate surface area is 147 Å². The molecule has 10 heteroatoms. The molecular weight excluding hydrogens is 375 g/mol. The SMILES string of the molecule is O=C(NNS(=O)(=O)c1ccc(Cl)cc1F)[C@H]1COc2ccccc2O1. The minimum absolute atomic E-state index is 0.0481. The zero-order valence-electron chi connectivity index (χ0n) is 12.5. The zero-order chi connectivity index (χ0) is 18.0. The number of hydrogen-bond donors (Lipinski definition) is 2. The lowest BCUT2D eigenvalue weighted by Gasteiger charge is -2.25. The number of fused-ring (bicyclic) bond motifs is 1. The molecule has 1 heterocycles. The fourth-order valence-corrected chi connectivity index (χ4v) is 3.16. The highest BCUT2D eigenvalue weighted by molar-refractivity contribution is 7.89. The van der Waals surface area contributed by atoms with Gasteiger partial charge in [-0.1, -0.05) is 23.7 Å². The van der Waals surface area contributed by atoms with E-state index < -0.39 is 32.7 Å². The van der Waals surface area contributed by atoms with Crippen LogP contribution in [0.5, 0.6) is 11.5 Å². The van der Waals surface area contributed by atoms with E-state index in [2.05, 4.69) is 0 Å². The van der Waals surface area contributed by atoms with Crippen molar-refractivity contribution in [2.24, 2.45) is 0 Å². The maximum absolute atomic E-state index is 13.7. The van der Waals surface area contributed by atoms with Gasteiger partial charge in [0.15, 0.2) is 11.5 Å². The highest BCUT2D eigenvalue weighted by Gasteiger charge is 2.29. The number of hydrogen-bond acceptors (Lipinski definition) is 5. The van der Waals surface area contributed by atoms with E-state index in [1.54, 1.807) is 24.3 Å². The average molecular weight is 387 g/mol. The number of carbonyl (C=O) groups excluding carboxylic acids is 1. The van der Waals surface area contributed by atoms with Crippen molar-refractivity contribution in [2.75, 3.05) is 6.61 Å². The number of ether oxygens (including phenoxy) is 2. The van der Waals surface area contributed by atoms with Crippen LogP contribution in [0.3, 0.4) is 0 Å². The van der Waals surface area contributed by atoms with Crippen molar-refractivity contribution in [3.8, 4) is 11.5 Å². The maximum atomic E-state index is 13.7. The highest BCUT2D eigenvalue weighted by atomic mass is 35.5. The number of carbonyl (C=O) groups is 1. The fraction of sp³-hybridized carbons (Fsp3) is 0.133. The standard InChI is InChI=1S/C15H12ClFN2O5S/c16-9-5-6-14(10(17)7-9)25(21,22)19-18-15(20)13-8-23-11-3-1-2-4-12(11)24-13/h1-7,13,19H,8H2,(H,18,20)/t13-/m1/s1. The molecule has 2 aromatic rings. The summed E-state index contributed by atoms with van der Waals surface area (Å²) in [7, 11) is -4.31. The summed E-state index contributed by atoms with van der Waals surface area (Å²) in [6.07, 6.45) is -1.06. The van der Waals surface area contributed by atoms with Crippen LogP contribution in [-0.2, 0) is 14.8 Å². The Morgan fingerprint density at radius 1 is 1.20 bits per heavy atom. The summed E-state index contributed by atoms with van der Waals surface area (Å²) < 4.78 is 48.7. The van der Waals surface area contributed by atoms with E-state index in [0.717, 1.165) is 12.1 Å². The van der Waals surface area contributed by atoms with Gasteiger partial charge in [0.1, 0.15) is 17.3 Å². The summed E-state index contributed by atoms with van der Waals surface area (Å²) in [5.74, 6) is -0.983. The molecule has 0 radical (unpaired) electrons. The van der Waals surface area contributed by atoms with Crippen molar-refractivity contribution in [3.05, 3.63) is 53.3 Å². The van der Waals surface area contributed by atoms with Crippen molar-refractivity contribution in [1.82, 2.24) is 10.3 Å². The molecule has 0 aliphatic carbocycles. The molecule has 0 bridgehead atoms. The smallest absolute Gasteiger partial charge is 0.279 e. The fourth-order valence-electron chi connectivity index (χ4n) is 2.09. The molecule has 0 unspecified atom stereocenters. The first-order chi connectivity index (χ1) is 11.9. The van der Waals surface area contributed by atoms with Gasteiger partial charge in [0.2, 0.25) is 6.10 Å². The predicted octanol–water partition coefficient (Wildman–Crippen LogP) is 1.63. The van der Waals surface area contributed by atoms with Crippen molar-refractivity contribution in [1.29, 1.82) is 0 Å². The quantitative estimate of drug-likeness (QED) is 0.779. The van der Waals surface area contributed by atoms with Crippen molar-refractivity contribution in [2.45, 2.75) is 11.0 Å². The zero-order valence-corrected chi connectivity index (χ0v) is 14.1. The number of rotatable bonds is 4. The number of nitrogens with one attached hydrogen (secondary N) is 2. The highest BCUT2D eigenvalue weighted by Crippen LogP contribution is 2.30. The van der Waals surface area contributed by atoms with Gasteiger partial charge >= 0.3 is 0 Å². The Morgan fingerprint density at radius 2 is 1.92 bits per heavy atom. The topological polar surface area (TPSA) is 93.7 Å². The molecule has 2 N–H and O–H groups in total. The molecule has 0 spiro atoms. The van der Waals surface area contributed by atoms with Crippen molar-refractivity contribution >= 4 is 27.5 Å². The molecule has 3 rings (SSSR count). The Kier molecular flexibility index (Phi) is 4.80. The van der Waals surface area contributed by atoms with Gasteiger partial charge in [-0.3, -0.25) is 10.2 Å². The average Bonchev–Trinajstić information content (AvgIpc) is 2.59. The van der Waals surface area contributed by atoms with Gasteiger partial charge in [0, 0.05) is 5.02 Å². The van der Waals surface area contributed by atoms with Crippen LogP contribution in [0.4, 0.5) is 4.39 Å². The second-order valence-corrected chi connectivity index (χ2v) is 7.12. The van der Waals surface area contributed by atoms with Crippen LogP contribution in [0.15, 0.2) is 47.4 Å². The predicted molar refractivity (Wildman–Crippen MR) is 86.2 cm³/mol. The van der Waals surface area contributed by atoms with Gasteiger partial charge < -0.3 is 9.47 Å². The third-order valence-corrected chi connectivity index (χ3v) is 4.81. The first-order valence-corrected chi connectivity index (χ1v) is 8.88. The first-order valence-electron chi connectivity index (χ1n) is 7.02. The second kappa shape index (κ2) is 6.87. The van der Waals surface area contributed by atoms with E-state index >= 15 is 0 Å². The molecule has 1 amide bonds. The van der Waals surface area contributed by atoms with E-state index in [9.17, 15) is 17.6 Å². The molecule has 132 valence electrons. The van der Waals surface area contributed by atoms with Crippen LogP contribution in [0.2, 0.25) is 5.02 Å². The first kappa shape index (κ1) is 17.5. The lowest BCUT2D eigenvalue weighted by atomic mass is 10.2. The minimum Gasteiger partial charge on any atom is -0.485 e. The third kappa shape index (κ3) is 3.84. The minimum atomic E-state index is -4.31. The van der Waals surface area contributed by atoms with E-state index in [4.69, 9.17) is 21.1 Å². The van der Waals surface area contributed by atoms with Crippen LogP contribution in [0.25, 0.3) is 0 Å². The van der Waals surface area contributed by atoms with Crippen LogP contribution >= 0.6 is 11.6 Å². The summed E-state index contributed by atoms with van der Waals surface area (Å²) in [4.78, 5) is 13.2. The molecule has 7 nitrogen and oxygen atoms in total. The molecule has 1 atom stereocenters. The van der Waals surface area contributed by atoms with Crippen LogP contribution < -0.4 is 19.7 Å². The molecule has 1 aliphatic rings. The summed E-state index contributed by atoms with van der Waals surface area (Å²) in [6.45, 7) is -0.0973.